The van der Waals surface area contributed by atoms with Crippen LogP contribution in [0.5, 0.6) is 0 Å². The Bertz CT molecular complexity index is 509. The number of ether oxygens (including phenoxy) is 2. The summed E-state index contributed by atoms with van der Waals surface area (Å²) in [5.41, 5.74) is 5.36. The summed E-state index contributed by atoms with van der Waals surface area (Å²) in [7, 11) is 0. The van der Waals surface area contributed by atoms with Crippen molar-refractivity contribution in [2.75, 3.05) is 44.3 Å². The van der Waals surface area contributed by atoms with E-state index in [0.29, 0.717) is 13.1 Å². The number of hydrogen-bond acceptors (Lipinski definition) is 7. The first kappa shape index (κ1) is 18.0. The predicted octanol–water partition coefficient (Wildman–Crippen LogP) is 1.55. The van der Waals surface area contributed by atoms with Crippen LogP contribution in [-0.4, -0.2) is 56.1 Å². The number of alkyl carbamates (subject to hydrolysis) is 1. The number of aromatic nitrogens is 1. The van der Waals surface area contributed by atoms with Gasteiger partial charge in [-0.15, -0.1) is 11.3 Å². The molecule has 0 aliphatic carbocycles. The molecular formula is C15H26N4O3S. The molecule has 0 saturated carbocycles. The molecule has 1 aromatic heterocycles. The summed E-state index contributed by atoms with van der Waals surface area (Å²) in [5, 5.41) is 3.77. The Morgan fingerprint density at radius 1 is 1.52 bits per heavy atom. The van der Waals surface area contributed by atoms with Gasteiger partial charge in [-0.1, -0.05) is 0 Å². The second kappa shape index (κ2) is 7.94. The summed E-state index contributed by atoms with van der Waals surface area (Å²) in [6, 6.07) is 0. The van der Waals surface area contributed by atoms with Gasteiger partial charge >= 0.3 is 6.09 Å². The van der Waals surface area contributed by atoms with Crippen LogP contribution in [-0.2, 0) is 9.47 Å². The lowest BCUT2D eigenvalue weighted by Gasteiger charge is -2.26. The van der Waals surface area contributed by atoms with Gasteiger partial charge in [0.05, 0.1) is 13.2 Å². The Morgan fingerprint density at radius 3 is 2.83 bits per heavy atom. The monoisotopic (exact) mass is 342 g/mol. The molecule has 130 valence electrons. The van der Waals surface area contributed by atoms with Crippen LogP contribution in [0.2, 0.25) is 0 Å². The number of morpholine rings is 1. The zero-order valence-electron chi connectivity index (χ0n) is 14.0. The van der Waals surface area contributed by atoms with E-state index in [4.69, 9.17) is 15.2 Å². The fourth-order valence-corrected chi connectivity index (χ4v) is 3.27. The highest BCUT2D eigenvalue weighted by atomic mass is 32.1. The number of carbonyl (C=O) groups excluding carboxylic acids is 1. The highest BCUT2D eigenvalue weighted by molar-refractivity contribution is 7.15. The lowest BCUT2D eigenvalue weighted by atomic mass is 10.1. The van der Waals surface area contributed by atoms with Crippen molar-refractivity contribution < 1.29 is 14.3 Å². The molecule has 0 radical (unpaired) electrons. The van der Waals surface area contributed by atoms with E-state index >= 15 is 0 Å². The van der Waals surface area contributed by atoms with Gasteiger partial charge in [0.25, 0.3) is 0 Å². The van der Waals surface area contributed by atoms with E-state index in [-0.39, 0.29) is 5.92 Å². The number of amides is 1. The van der Waals surface area contributed by atoms with Crippen molar-refractivity contribution in [3.05, 3.63) is 11.1 Å². The number of hydrogen-bond donors (Lipinski definition) is 2. The summed E-state index contributed by atoms with van der Waals surface area (Å²) in [4.78, 5) is 19.5. The molecule has 1 unspecified atom stereocenters. The molecule has 0 spiro atoms. The number of nitrogens with one attached hydrogen (secondary N) is 1. The molecule has 1 aliphatic rings. The number of nitrogens with zero attached hydrogens (tertiary/aromatic N) is 2. The van der Waals surface area contributed by atoms with Crippen molar-refractivity contribution in [3.63, 3.8) is 0 Å². The molecule has 1 atom stereocenters. The molecule has 1 amide bonds. The third-order valence-corrected chi connectivity index (χ3v) is 4.59. The van der Waals surface area contributed by atoms with Crippen molar-refractivity contribution in [1.82, 2.24) is 10.3 Å². The van der Waals surface area contributed by atoms with Crippen LogP contribution in [0.25, 0.3) is 0 Å². The topological polar surface area (TPSA) is 89.7 Å². The summed E-state index contributed by atoms with van der Waals surface area (Å²) < 4.78 is 10.6. The molecule has 2 rings (SSSR count). The average molecular weight is 342 g/mol. The quantitative estimate of drug-likeness (QED) is 0.844. The van der Waals surface area contributed by atoms with Crippen LogP contribution < -0.4 is 16.0 Å². The Hall–Kier alpha value is -1.38. The number of rotatable bonds is 5. The van der Waals surface area contributed by atoms with Crippen molar-refractivity contribution in [2.24, 2.45) is 5.73 Å². The van der Waals surface area contributed by atoms with Gasteiger partial charge in [-0.05, 0) is 20.8 Å². The molecule has 23 heavy (non-hydrogen) atoms. The predicted molar refractivity (Wildman–Crippen MR) is 91.2 cm³/mol. The van der Waals surface area contributed by atoms with E-state index < -0.39 is 11.7 Å². The van der Waals surface area contributed by atoms with Crippen LogP contribution >= 0.6 is 11.3 Å². The van der Waals surface area contributed by atoms with Gasteiger partial charge in [0.1, 0.15) is 5.60 Å². The minimum atomic E-state index is -0.504. The van der Waals surface area contributed by atoms with Crippen LogP contribution in [0.1, 0.15) is 31.6 Å². The first-order valence-corrected chi connectivity index (χ1v) is 8.66. The molecule has 1 saturated heterocycles. The van der Waals surface area contributed by atoms with E-state index in [1.54, 1.807) is 11.3 Å². The fourth-order valence-electron chi connectivity index (χ4n) is 2.19. The largest absolute Gasteiger partial charge is 0.444 e. The molecule has 7 nitrogen and oxygen atoms in total. The Balaban J connectivity index is 1.90. The van der Waals surface area contributed by atoms with Gasteiger partial charge in [0, 0.05) is 43.2 Å². The van der Waals surface area contributed by atoms with Gasteiger partial charge in [-0.2, -0.15) is 0 Å². The second-order valence-corrected chi connectivity index (χ2v) is 7.50. The van der Waals surface area contributed by atoms with Crippen LogP contribution in [0.3, 0.4) is 0 Å². The average Bonchev–Trinajstić information content (AvgIpc) is 2.97. The van der Waals surface area contributed by atoms with E-state index in [2.05, 4.69) is 15.2 Å². The second-order valence-electron chi connectivity index (χ2n) is 6.46. The third kappa shape index (κ3) is 5.63. The van der Waals surface area contributed by atoms with Gasteiger partial charge in [-0.25, -0.2) is 9.78 Å². The zero-order valence-corrected chi connectivity index (χ0v) is 14.8. The zero-order chi connectivity index (χ0) is 16.9. The van der Waals surface area contributed by atoms with Crippen molar-refractivity contribution >= 4 is 22.6 Å². The molecule has 1 aromatic rings. The first-order valence-electron chi connectivity index (χ1n) is 7.84. The highest BCUT2D eigenvalue weighted by Crippen LogP contribution is 2.28. The summed E-state index contributed by atoms with van der Waals surface area (Å²) >= 11 is 1.62. The summed E-state index contributed by atoms with van der Waals surface area (Å²) in [6.45, 7) is 9.58. The summed E-state index contributed by atoms with van der Waals surface area (Å²) in [5.74, 6) is 0.0369. The van der Waals surface area contributed by atoms with Crippen molar-refractivity contribution in [1.29, 1.82) is 0 Å². The minimum absolute atomic E-state index is 0.0369. The smallest absolute Gasteiger partial charge is 0.407 e. The molecule has 0 aromatic carbocycles. The normalized spacial score (nSPS) is 17.0. The Morgan fingerprint density at radius 2 is 2.22 bits per heavy atom. The van der Waals surface area contributed by atoms with Gasteiger partial charge in [0.2, 0.25) is 0 Å². The van der Waals surface area contributed by atoms with Gasteiger partial charge in [0.15, 0.2) is 5.13 Å². The van der Waals surface area contributed by atoms with Crippen LogP contribution in [0.15, 0.2) is 6.20 Å². The standard InChI is InChI=1S/C15H26N4O3S/c1-15(2,3)22-14(20)18-9-11(8-16)12-10-17-13(23-12)19-4-6-21-7-5-19/h10-11H,4-9,16H2,1-3H3,(H,18,20). The molecule has 3 N–H and O–H groups in total. The molecule has 1 fully saturated rings. The maximum absolute atomic E-state index is 11.8. The Kier molecular flexibility index (Phi) is 6.20. The lowest BCUT2D eigenvalue weighted by Crippen LogP contribution is -2.36. The van der Waals surface area contributed by atoms with Crippen LogP contribution in [0.4, 0.5) is 9.93 Å². The molecule has 1 aliphatic heterocycles. The minimum Gasteiger partial charge on any atom is -0.444 e. The van der Waals surface area contributed by atoms with E-state index in [1.807, 2.05) is 27.0 Å². The summed E-state index contributed by atoms with van der Waals surface area (Å²) in [6.07, 6.45) is 1.43. The van der Waals surface area contributed by atoms with E-state index in [9.17, 15) is 4.79 Å². The first-order chi connectivity index (χ1) is 10.9. The number of nitrogens with two attached hydrogens (primary N) is 1. The molecule has 0 bridgehead atoms. The molecule has 8 heteroatoms. The number of carbonyl (C=O) groups is 1. The highest BCUT2D eigenvalue weighted by Gasteiger charge is 2.21. The molecular weight excluding hydrogens is 316 g/mol. The Labute approximate surface area is 141 Å². The van der Waals surface area contributed by atoms with Crippen molar-refractivity contribution in [3.8, 4) is 0 Å². The van der Waals surface area contributed by atoms with E-state index in [0.717, 1.165) is 36.3 Å². The van der Waals surface area contributed by atoms with E-state index in [1.165, 1.54) is 0 Å². The number of anilines is 1. The number of thiazole rings is 1. The third-order valence-electron chi connectivity index (χ3n) is 3.37. The molecule has 2 heterocycles. The van der Waals surface area contributed by atoms with Crippen LogP contribution in [0, 0.1) is 0 Å². The van der Waals surface area contributed by atoms with Gasteiger partial charge in [-0.3, -0.25) is 0 Å². The van der Waals surface area contributed by atoms with Crippen molar-refractivity contribution in [2.45, 2.75) is 32.3 Å². The maximum Gasteiger partial charge on any atom is 0.407 e. The SMILES string of the molecule is CC(C)(C)OC(=O)NCC(CN)c1cnc(N2CCOCC2)s1. The maximum atomic E-state index is 11.8. The van der Waals surface area contributed by atoms with Gasteiger partial charge < -0.3 is 25.4 Å². The lowest BCUT2D eigenvalue weighted by molar-refractivity contribution is 0.0525. The fraction of sp³-hybridized carbons (Fsp3) is 0.733.